The van der Waals surface area contributed by atoms with Crippen LogP contribution >= 0.6 is 0 Å². The van der Waals surface area contributed by atoms with Gasteiger partial charge in [-0.15, -0.1) is 0 Å². The molecule has 0 aromatic carbocycles. The minimum Gasteiger partial charge on any atom is -0.366 e. The summed E-state index contributed by atoms with van der Waals surface area (Å²) in [5.41, 5.74) is 1.65. The van der Waals surface area contributed by atoms with Gasteiger partial charge in [0.05, 0.1) is 11.4 Å². The zero-order valence-corrected chi connectivity index (χ0v) is 16.8. The predicted molar refractivity (Wildman–Crippen MR) is 108 cm³/mol. The minimum absolute atomic E-state index is 0.0206. The van der Waals surface area contributed by atoms with Crippen LogP contribution in [0.3, 0.4) is 0 Å². The fraction of sp³-hybridized carbons (Fsp3) is 0.421. The fourth-order valence-corrected chi connectivity index (χ4v) is 4.83. The summed E-state index contributed by atoms with van der Waals surface area (Å²) < 4.78 is 28.5. The smallest absolute Gasteiger partial charge is 0.216 e. The number of hydrogen-bond donors (Lipinski definition) is 1. The van der Waals surface area contributed by atoms with Crippen molar-refractivity contribution in [1.82, 2.24) is 23.7 Å². The Kier molecular flexibility index (Phi) is 5.03. The van der Waals surface area contributed by atoms with E-state index in [0.717, 1.165) is 24.2 Å². The van der Waals surface area contributed by atoms with Crippen LogP contribution in [0.5, 0.6) is 0 Å². The van der Waals surface area contributed by atoms with Gasteiger partial charge in [0.1, 0.15) is 17.2 Å². The van der Waals surface area contributed by atoms with Crippen molar-refractivity contribution < 1.29 is 8.42 Å². The molecule has 1 atom stereocenters. The number of fused-ring (bicyclic) bond motifs is 1. The van der Waals surface area contributed by atoms with E-state index in [1.165, 1.54) is 0 Å². The number of aromatic nitrogens is 4. The molecule has 3 aromatic rings. The molecule has 4 rings (SSSR count). The molecule has 1 saturated heterocycles. The molecule has 0 spiro atoms. The summed E-state index contributed by atoms with van der Waals surface area (Å²) in [6.07, 6.45) is 7.12. The van der Waals surface area contributed by atoms with E-state index in [9.17, 15) is 8.42 Å². The number of pyridine rings is 1. The molecule has 1 fully saturated rings. The van der Waals surface area contributed by atoms with Crippen LogP contribution < -0.4 is 5.32 Å². The van der Waals surface area contributed by atoms with E-state index < -0.39 is 15.3 Å². The maximum absolute atomic E-state index is 12.5. The molecule has 28 heavy (non-hydrogen) atoms. The zero-order chi connectivity index (χ0) is 19.7. The standard InChI is InChI=1S/C19H24N6O2S/c1-14(2)28(26,27)24-10-5-6-15(13-24)22-17-8-9-20-19(23-17)16-12-21-18-7-3-4-11-25(16)18/h3-4,7-9,11-12,14-15H,5-6,10,13H2,1-2H3,(H,20,22,23)/t15-/m1/s1. The lowest BCUT2D eigenvalue weighted by Gasteiger charge is -2.33. The van der Waals surface area contributed by atoms with E-state index in [0.29, 0.717) is 24.7 Å². The normalized spacial score (nSPS) is 18.6. The van der Waals surface area contributed by atoms with E-state index in [4.69, 9.17) is 0 Å². The van der Waals surface area contributed by atoms with Gasteiger partial charge in [0, 0.05) is 31.5 Å². The SMILES string of the molecule is CC(C)S(=O)(=O)N1CCC[C@@H](Nc2ccnc(-c3cnc4ccccn34)n2)C1. The minimum atomic E-state index is -3.24. The van der Waals surface area contributed by atoms with Crippen molar-refractivity contribution in [3.8, 4) is 11.5 Å². The topological polar surface area (TPSA) is 92.5 Å². The average molecular weight is 401 g/mol. The van der Waals surface area contributed by atoms with E-state index in [1.807, 2.05) is 34.9 Å². The first-order valence-electron chi connectivity index (χ1n) is 9.46. The quantitative estimate of drug-likeness (QED) is 0.707. The Labute approximate surface area is 164 Å². The van der Waals surface area contributed by atoms with Gasteiger partial charge in [0.25, 0.3) is 0 Å². The molecule has 0 unspecified atom stereocenters. The van der Waals surface area contributed by atoms with Crippen LogP contribution in [0, 0.1) is 0 Å². The molecule has 1 aliphatic heterocycles. The lowest BCUT2D eigenvalue weighted by Crippen LogP contribution is -2.47. The maximum Gasteiger partial charge on any atom is 0.216 e. The molecule has 0 radical (unpaired) electrons. The highest BCUT2D eigenvalue weighted by Crippen LogP contribution is 2.22. The summed E-state index contributed by atoms with van der Waals surface area (Å²) in [6.45, 7) is 4.48. The Balaban J connectivity index is 1.54. The first kappa shape index (κ1) is 18.8. The van der Waals surface area contributed by atoms with Gasteiger partial charge in [0.2, 0.25) is 10.0 Å². The van der Waals surface area contributed by atoms with Crippen LogP contribution in [0.1, 0.15) is 26.7 Å². The summed E-state index contributed by atoms with van der Waals surface area (Å²) >= 11 is 0. The molecule has 3 aromatic heterocycles. The molecule has 8 nitrogen and oxygen atoms in total. The van der Waals surface area contributed by atoms with Gasteiger partial charge in [-0.25, -0.2) is 23.4 Å². The van der Waals surface area contributed by atoms with Crippen molar-refractivity contribution in [3.63, 3.8) is 0 Å². The van der Waals surface area contributed by atoms with Gasteiger partial charge in [-0.1, -0.05) is 6.07 Å². The van der Waals surface area contributed by atoms with Gasteiger partial charge in [-0.3, -0.25) is 4.40 Å². The third-order valence-corrected chi connectivity index (χ3v) is 7.24. The highest BCUT2D eigenvalue weighted by molar-refractivity contribution is 7.89. The molecule has 0 saturated carbocycles. The summed E-state index contributed by atoms with van der Waals surface area (Å²) in [6, 6.07) is 7.63. The first-order valence-corrected chi connectivity index (χ1v) is 11.0. The lowest BCUT2D eigenvalue weighted by molar-refractivity contribution is 0.324. The third kappa shape index (κ3) is 3.59. The number of piperidine rings is 1. The number of nitrogens with zero attached hydrogens (tertiary/aromatic N) is 5. The summed E-state index contributed by atoms with van der Waals surface area (Å²) in [4.78, 5) is 13.4. The van der Waals surface area contributed by atoms with Crippen LogP contribution in [0.25, 0.3) is 17.2 Å². The summed E-state index contributed by atoms with van der Waals surface area (Å²) in [5, 5.41) is 2.98. The molecule has 1 N–H and O–H groups in total. The number of nitrogens with one attached hydrogen (secondary N) is 1. The molecule has 4 heterocycles. The van der Waals surface area contributed by atoms with Gasteiger partial charge >= 0.3 is 0 Å². The van der Waals surface area contributed by atoms with Crippen molar-refractivity contribution in [2.75, 3.05) is 18.4 Å². The molecule has 1 aliphatic rings. The molecule has 9 heteroatoms. The number of hydrogen-bond acceptors (Lipinski definition) is 6. The van der Waals surface area contributed by atoms with Crippen LogP contribution in [0.2, 0.25) is 0 Å². The van der Waals surface area contributed by atoms with Crippen LogP contribution in [-0.2, 0) is 10.0 Å². The molecular weight excluding hydrogens is 376 g/mol. The Morgan fingerprint density at radius 3 is 2.89 bits per heavy atom. The Hall–Kier alpha value is -2.52. The van der Waals surface area contributed by atoms with Crippen molar-refractivity contribution in [3.05, 3.63) is 42.9 Å². The molecule has 0 aliphatic carbocycles. The Morgan fingerprint density at radius 2 is 2.07 bits per heavy atom. The number of anilines is 1. The second-order valence-electron chi connectivity index (χ2n) is 7.27. The zero-order valence-electron chi connectivity index (χ0n) is 16.0. The largest absolute Gasteiger partial charge is 0.366 e. The van der Waals surface area contributed by atoms with Crippen LogP contribution in [0.4, 0.5) is 5.82 Å². The monoisotopic (exact) mass is 400 g/mol. The second-order valence-corrected chi connectivity index (χ2v) is 9.76. The van der Waals surface area contributed by atoms with Crippen molar-refractivity contribution in [2.24, 2.45) is 0 Å². The Bertz CT molecular complexity index is 1080. The molecule has 0 amide bonds. The molecule has 0 bridgehead atoms. The average Bonchev–Trinajstić information content (AvgIpc) is 3.12. The first-order chi connectivity index (χ1) is 13.4. The summed E-state index contributed by atoms with van der Waals surface area (Å²) in [7, 11) is -3.24. The van der Waals surface area contributed by atoms with Gasteiger partial charge in [-0.2, -0.15) is 4.31 Å². The molecular formula is C19H24N6O2S. The van der Waals surface area contributed by atoms with Crippen molar-refractivity contribution in [1.29, 1.82) is 0 Å². The number of rotatable bonds is 5. The third-order valence-electron chi connectivity index (χ3n) is 4.99. The van der Waals surface area contributed by atoms with E-state index >= 15 is 0 Å². The lowest BCUT2D eigenvalue weighted by atomic mass is 10.1. The van der Waals surface area contributed by atoms with Crippen LogP contribution in [0.15, 0.2) is 42.9 Å². The van der Waals surface area contributed by atoms with Crippen molar-refractivity contribution in [2.45, 2.75) is 38.0 Å². The van der Waals surface area contributed by atoms with Gasteiger partial charge in [-0.05, 0) is 44.9 Å². The highest BCUT2D eigenvalue weighted by atomic mass is 32.2. The second kappa shape index (κ2) is 7.48. The number of imidazole rings is 1. The van der Waals surface area contributed by atoms with E-state index in [2.05, 4.69) is 20.3 Å². The summed E-state index contributed by atoms with van der Waals surface area (Å²) in [5.74, 6) is 1.26. The Morgan fingerprint density at radius 1 is 1.21 bits per heavy atom. The van der Waals surface area contributed by atoms with E-state index in [-0.39, 0.29) is 6.04 Å². The fourth-order valence-electron chi connectivity index (χ4n) is 3.46. The highest BCUT2D eigenvalue weighted by Gasteiger charge is 2.31. The predicted octanol–water partition coefficient (Wildman–Crippen LogP) is 2.41. The van der Waals surface area contributed by atoms with Gasteiger partial charge in [0.15, 0.2) is 5.82 Å². The van der Waals surface area contributed by atoms with E-state index in [1.54, 1.807) is 30.5 Å². The van der Waals surface area contributed by atoms with Gasteiger partial charge < -0.3 is 5.32 Å². The van der Waals surface area contributed by atoms with Crippen molar-refractivity contribution >= 4 is 21.5 Å². The van der Waals surface area contributed by atoms with Crippen LogP contribution in [-0.4, -0.2) is 56.5 Å². The maximum atomic E-state index is 12.5. The number of sulfonamides is 1. The molecule has 148 valence electrons.